The Balaban J connectivity index is 2.31. The van der Waals surface area contributed by atoms with Gasteiger partial charge in [-0.3, -0.25) is 9.59 Å². The van der Waals surface area contributed by atoms with Crippen LogP contribution in [0.4, 0.5) is 0 Å². The van der Waals surface area contributed by atoms with Gasteiger partial charge in [-0.25, -0.2) is 4.98 Å². The predicted molar refractivity (Wildman–Crippen MR) is 132 cm³/mol. The van der Waals surface area contributed by atoms with Gasteiger partial charge in [-0.1, -0.05) is 39.0 Å². The summed E-state index contributed by atoms with van der Waals surface area (Å²) in [6, 6.07) is 0. The highest BCUT2D eigenvalue weighted by Gasteiger charge is 2.41. The third-order valence-electron chi connectivity index (χ3n) is 6.29. The molecule has 182 valence electrons. The van der Waals surface area contributed by atoms with Gasteiger partial charge >= 0.3 is 5.97 Å². The second-order valence-corrected chi connectivity index (χ2v) is 10.5. The number of esters is 1. The number of aryl methyl sites for hydroxylation is 1. The Morgan fingerprint density at radius 1 is 1.21 bits per heavy atom. The molecule has 1 aromatic heterocycles. The zero-order chi connectivity index (χ0) is 24.8. The van der Waals surface area contributed by atoms with Crippen molar-refractivity contribution in [3.63, 3.8) is 0 Å². The smallest absolute Gasteiger partial charge is 0.309 e. The van der Waals surface area contributed by atoms with Gasteiger partial charge in [-0.05, 0) is 50.8 Å². The molecule has 4 atom stereocenters. The second kappa shape index (κ2) is 11.9. The molecule has 0 aromatic carbocycles. The Morgan fingerprint density at radius 2 is 1.91 bits per heavy atom. The predicted octanol–water partition coefficient (Wildman–Crippen LogP) is 4.80. The molecule has 6 nitrogen and oxygen atoms in total. The lowest BCUT2D eigenvalue weighted by atomic mass is 9.74. The van der Waals surface area contributed by atoms with Gasteiger partial charge in [-0.2, -0.15) is 0 Å². The van der Waals surface area contributed by atoms with E-state index in [1.165, 1.54) is 0 Å². The van der Waals surface area contributed by atoms with Gasteiger partial charge in [0.05, 0.1) is 34.7 Å². The average molecular weight is 476 g/mol. The van der Waals surface area contributed by atoms with Crippen molar-refractivity contribution in [3.8, 4) is 0 Å². The number of Topliss-reactive ketones (excluding diaryl/α,β-unsaturated/α-hetero) is 1. The van der Waals surface area contributed by atoms with E-state index in [0.717, 1.165) is 34.7 Å². The minimum Gasteiger partial charge on any atom is -0.457 e. The molecular weight excluding hydrogens is 438 g/mol. The molecule has 0 spiro atoms. The molecule has 0 aliphatic carbocycles. The molecule has 0 radical (unpaired) electrons. The van der Waals surface area contributed by atoms with Crippen molar-refractivity contribution in [3.05, 3.63) is 45.5 Å². The maximum atomic E-state index is 13.1. The summed E-state index contributed by atoms with van der Waals surface area (Å²) in [7, 11) is 0. The van der Waals surface area contributed by atoms with Crippen molar-refractivity contribution >= 4 is 29.2 Å². The third-order valence-corrected chi connectivity index (χ3v) is 7.08. The van der Waals surface area contributed by atoms with Crippen LogP contribution in [0.25, 0.3) is 6.08 Å². The SMILES string of the molecule is C/C(=C/c1csc(C)n1)[C@@H]1C/C=C\CC/C=C(/C)[C@H](O)[C@@H](C)C(=O)C(C)(C)[C@@H](O)CC(=O)O1. The Labute approximate surface area is 201 Å². The number of rotatable bonds is 2. The van der Waals surface area contributed by atoms with Crippen molar-refractivity contribution in [2.45, 2.75) is 85.5 Å². The van der Waals surface area contributed by atoms with Crippen LogP contribution in [0, 0.1) is 18.3 Å². The van der Waals surface area contributed by atoms with Crippen LogP contribution in [0.15, 0.2) is 34.8 Å². The summed E-state index contributed by atoms with van der Waals surface area (Å²) in [5.74, 6) is -1.56. The zero-order valence-electron chi connectivity index (χ0n) is 20.5. The topological polar surface area (TPSA) is 96.7 Å². The normalized spacial score (nSPS) is 30.9. The minimum atomic E-state index is -1.23. The summed E-state index contributed by atoms with van der Waals surface area (Å²) in [6.45, 7) is 10.5. The Kier molecular flexibility index (Phi) is 9.76. The van der Waals surface area contributed by atoms with Gasteiger partial charge in [0.2, 0.25) is 0 Å². The summed E-state index contributed by atoms with van der Waals surface area (Å²) < 4.78 is 5.74. The minimum absolute atomic E-state index is 0.290. The fourth-order valence-electron chi connectivity index (χ4n) is 3.87. The highest BCUT2D eigenvalue weighted by Crippen LogP contribution is 2.31. The number of allylic oxidation sites excluding steroid dienone is 2. The van der Waals surface area contributed by atoms with Crippen LogP contribution in [0.2, 0.25) is 0 Å². The third kappa shape index (κ3) is 7.45. The molecule has 0 unspecified atom stereocenters. The van der Waals surface area contributed by atoms with Gasteiger partial charge in [-0.15, -0.1) is 11.3 Å². The number of ether oxygens (including phenoxy) is 1. The van der Waals surface area contributed by atoms with Crippen LogP contribution < -0.4 is 0 Å². The van der Waals surface area contributed by atoms with Crippen molar-refractivity contribution in [1.29, 1.82) is 0 Å². The van der Waals surface area contributed by atoms with Crippen LogP contribution in [-0.2, 0) is 14.3 Å². The molecule has 7 heteroatoms. The van der Waals surface area contributed by atoms with Crippen LogP contribution >= 0.6 is 11.3 Å². The van der Waals surface area contributed by atoms with E-state index >= 15 is 0 Å². The number of cyclic esters (lactones) is 1. The number of hydrogen-bond acceptors (Lipinski definition) is 7. The van der Waals surface area contributed by atoms with E-state index in [9.17, 15) is 19.8 Å². The van der Waals surface area contributed by atoms with Crippen molar-refractivity contribution in [2.75, 3.05) is 0 Å². The number of hydrogen-bond donors (Lipinski definition) is 2. The second-order valence-electron chi connectivity index (χ2n) is 9.43. The van der Waals surface area contributed by atoms with Crippen molar-refractivity contribution in [2.24, 2.45) is 11.3 Å². The molecule has 1 aliphatic rings. The van der Waals surface area contributed by atoms with Gasteiger partial charge in [0.25, 0.3) is 0 Å². The van der Waals surface area contributed by atoms with Gasteiger partial charge in [0.1, 0.15) is 11.9 Å². The standard InChI is InChI=1S/C26H37NO5S/c1-16-11-9-7-8-10-12-21(17(2)13-20-15-33-19(4)27-20)32-23(29)14-22(28)26(5,6)25(31)18(3)24(16)30/h8,10-11,13,15,18,21-22,24,28,30H,7,9,12,14H2,1-6H3/b10-8-,16-11-,17-13-/t18-,21+,22+,24+/m1/s1. The summed E-state index contributed by atoms with van der Waals surface area (Å²) in [4.78, 5) is 30.3. The molecule has 0 amide bonds. The zero-order valence-corrected chi connectivity index (χ0v) is 21.3. The molecule has 2 rings (SSSR count). The molecule has 0 fully saturated rings. The van der Waals surface area contributed by atoms with Crippen LogP contribution in [0.1, 0.15) is 71.0 Å². The van der Waals surface area contributed by atoms with Crippen molar-refractivity contribution in [1.82, 2.24) is 4.98 Å². The number of aromatic nitrogens is 1. The maximum Gasteiger partial charge on any atom is 0.309 e. The molecule has 2 N–H and O–H groups in total. The van der Waals surface area contributed by atoms with E-state index < -0.39 is 35.6 Å². The molecule has 0 saturated heterocycles. The van der Waals surface area contributed by atoms with E-state index in [4.69, 9.17) is 4.74 Å². The van der Waals surface area contributed by atoms with Gasteiger partial charge < -0.3 is 14.9 Å². The number of carbonyl (C=O) groups is 2. The van der Waals surface area contributed by atoms with Crippen LogP contribution in [-0.4, -0.2) is 45.3 Å². The molecule has 33 heavy (non-hydrogen) atoms. The number of aliphatic hydroxyl groups excluding tert-OH is 2. The monoisotopic (exact) mass is 475 g/mol. The number of nitrogens with zero attached hydrogens (tertiary/aromatic N) is 1. The first-order valence-electron chi connectivity index (χ1n) is 11.4. The van der Waals surface area contributed by atoms with Crippen LogP contribution in [0.3, 0.4) is 0 Å². The van der Waals surface area contributed by atoms with E-state index in [1.807, 2.05) is 50.5 Å². The largest absolute Gasteiger partial charge is 0.457 e. The van der Waals surface area contributed by atoms with Crippen molar-refractivity contribution < 1.29 is 24.5 Å². The summed E-state index contributed by atoms with van der Waals surface area (Å²) in [6.07, 6.45) is 6.90. The Bertz CT molecular complexity index is 927. The molecule has 2 heterocycles. The Morgan fingerprint density at radius 3 is 2.55 bits per heavy atom. The molecule has 0 bridgehead atoms. The number of thiazole rings is 1. The maximum absolute atomic E-state index is 13.1. The molecule has 0 saturated carbocycles. The quantitative estimate of drug-likeness (QED) is 0.471. The first-order chi connectivity index (χ1) is 15.4. The number of carbonyl (C=O) groups excluding carboxylic acids is 2. The highest BCUT2D eigenvalue weighted by atomic mass is 32.1. The molecule has 1 aromatic rings. The Hall–Kier alpha value is -2.09. The number of aliphatic hydroxyl groups is 2. The van der Waals surface area contributed by atoms with Gasteiger partial charge in [0, 0.05) is 17.7 Å². The molecular formula is C26H37NO5S. The highest BCUT2D eigenvalue weighted by molar-refractivity contribution is 7.09. The van der Waals surface area contributed by atoms with E-state index in [-0.39, 0.29) is 12.2 Å². The summed E-state index contributed by atoms with van der Waals surface area (Å²) >= 11 is 1.56. The molecule has 1 aliphatic heterocycles. The lowest BCUT2D eigenvalue weighted by Crippen LogP contribution is -2.44. The van der Waals surface area contributed by atoms with E-state index in [1.54, 1.807) is 32.1 Å². The fourth-order valence-corrected chi connectivity index (χ4v) is 4.44. The average Bonchev–Trinajstić information content (AvgIpc) is 3.16. The number of ketones is 1. The summed E-state index contributed by atoms with van der Waals surface area (Å²) in [5.41, 5.74) is 1.20. The lowest BCUT2D eigenvalue weighted by Gasteiger charge is -2.33. The fraction of sp³-hybridized carbons (Fsp3) is 0.577. The van der Waals surface area contributed by atoms with E-state index in [2.05, 4.69) is 4.98 Å². The lowest BCUT2D eigenvalue weighted by molar-refractivity contribution is -0.153. The van der Waals surface area contributed by atoms with Crippen LogP contribution in [0.5, 0.6) is 0 Å². The summed E-state index contributed by atoms with van der Waals surface area (Å²) in [5, 5.41) is 24.3. The first kappa shape index (κ1) is 27.2. The van der Waals surface area contributed by atoms with E-state index in [0.29, 0.717) is 6.42 Å². The first-order valence-corrected chi connectivity index (χ1v) is 12.3. The van der Waals surface area contributed by atoms with Gasteiger partial charge in [0.15, 0.2) is 0 Å².